The van der Waals surface area contributed by atoms with Crippen molar-refractivity contribution in [2.24, 2.45) is 0 Å². The number of ether oxygens (including phenoxy) is 1. The molecular weight excluding hydrogens is 182 g/mol. The van der Waals surface area contributed by atoms with Crippen LogP contribution in [0.5, 0.6) is 0 Å². The van der Waals surface area contributed by atoms with E-state index in [1.807, 2.05) is 20.8 Å². The number of rotatable bonds is 3. The zero-order valence-electron chi connectivity index (χ0n) is 9.59. The fraction of sp³-hybridized carbons (Fsp3) is 0.800. The van der Waals surface area contributed by atoms with Crippen molar-refractivity contribution in [1.29, 1.82) is 0 Å². The minimum absolute atomic E-state index is 0.227. The Bertz CT molecular complexity index is 223. The van der Waals surface area contributed by atoms with Crippen molar-refractivity contribution in [3.8, 4) is 0 Å². The number of carbonyl (C=O) groups excluding carboxylic acids is 2. The van der Waals surface area contributed by atoms with Gasteiger partial charge in [0, 0.05) is 12.6 Å². The molecule has 0 rings (SSSR count). The van der Waals surface area contributed by atoms with E-state index in [0.717, 1.165) is 6.42 Å². The molecular formula is C10H19NO3. The maximum atomic E-state index is 11.5. The van der Waals surface area contributed by atoms with Gasteiger partial charge >= 0.3 is 11.9 Å². The summed E-state index contributed by atoms with van der Waals surface area (Å²) in [6.07, 6.45) is 0.786. The van der Waals surface area contributed by atoms with E-state index in [1.54, 1.807) is 14.0 Å². The number of amides is 1. The number of hydrogen-bond acceptors (Lipinski definition) is 3. The molecule has 4 heteroatoms. The summed E-state index contributed by atoms with van der Waals surface area (Å²) in [7, 11) is 1.61. The Hall–Kier alpha value is -1.06. The Kier molecular flexibility index (Phi) is 4.60. The number of likely N-dealkylation sites (N-methyl/N-ethyl adjacent to an activating group) is 1. The van der Waals surface area contributed by atoms with Crippen molar-refractivity contribution in [2.45, 2.75) is 39.7 Å². The monoisotopic (exact) mass is 201 g/mol. The van der Waals surface area contributed by atoms with Crippen LogP contribution in [0.3, 0.4) is 0 Å². The molecule has 4 nitrogen and oxygen atoms in total. The van der Waals surface area contributed by atoms with E-state index in [0.29, 0.717) is 0 Å². The van der Waals surface area contributed by atoms with E-state index in [2.05, 4.69) is 4.74 Å². The topological polar surface area (TPSA) is 46.6 Å². The maximum absolute atomic E-state index is 11.5. The molecule has 0 aromatic heterocycles. The maximum Gasteiger partial charge on any atom is 0.397 e. The highest BCUT2D eigenvalue weighted by Gasteiger charge is 2.30. The quantitative estimate of drug-likeness (QED) is 0.509. The summed E-state index contributed by atoms with van der Waals surface area (Å²) in [4.78, 5) is 24.0. The molecule has 0 fully saturated rings. The second kappa shape index (κ2) is 4.98. The van der Waals surface area contributed by atoms with Crippen molar-refractivity contribution >= 4 is 11.9 Å². The first-order chi connectivity index (χ1) is 6.36. The van der Waals surface area contributed by atoms with Gasteiger partial charge in [0.15, 0.2) is 0 Å². The van der Waals surface area contributed by atoms with E-state index in [9.17, 15) is 9.59 Å². The number of esters is 1. The molecule has 82 valence electrons. The predicted molar refractivity (Wildman–Crippen MR) is 53.8 cm³/mol. The van der Waals surface area contributed by atoms with Crippen LogP contribution in [0.1, 0.15) is 34.1 Å². The van der Waals surface area contributed by atoms with Gasteiger partial charge in [-0.2, -0.15) is 0 Å². The second-order valence-electron chi connectivity index (χ2n) is 3.75. The molecule has 0 N–H and O–H groups in total. The average Bonchev–Trinajstić information content (AvgIpc) is 2.15. The van der Waals surface area contributed by atoms with E-state index < -0.39 is 11.9 Å². The van der Waals surface area contributed by atoms with Crippen molar-refractivity contribution < 1.29 is 14.3 Å². The van der Waals surface area contributed by atoms with Crippen molar-refractivity contribution in [2.75, 3.05) is 13.7 Å². The molecule has 0 radical (unpaired) electrons. The third kappa shape index (κ3) is 3.01. The molecule has 0 unspecified atom stereocenters. The lowest BCUT2D eigenvalue weighted by atomic mass is 10.00. The Balaban J connectivity index is 4.46. The van der Waals surface area contributed by atoms with Gasteiger partial charge in [0.2, 0.25) is 0 Å². The fourth-order valence-corrected chi connectivity index (χ4v) is 0.842. The van der Waals surface area contributed by atoms with Crippen molar-refractivity contribution in [1.82, 2.24) is 4.90 Å². The summed E-state index contributed by atoms with van der Waals surface area (Å²) in [6.45, 7) is 7.68. The molecule has 0 aliphatic carbocycles. The molecule has 14 heavy (non-hydrogen) atoms. The molecule has 0 heterocycles. The number of hydrogen-bond donors (Lipinski definition) is 0. The smallest absolute Gasteiger partial charge is 0.397 e. The first-order valence-corrected chi connectivity index (χ1v) is 4.81. The van der Waals surface area contributed by atoms with Gasteiger partial charge in [-0.05, 0) is 27.2 Å². The standard InChI is InChI=1S/C10H19NO3/c1-6-10(3,4)11(5)8(12)9(13)14-7-2/h6-7H2,1-5H3. The van der Waals surface area contributed by atoms with Crippen LogP contribution in [0.25, 0.3) is 0 Å². The summed E-state index contributed by atoms with van der Waals surface area (Å²) in [5.41, 5.74) is -0.316. The van der Waals surface area contributed by atoms with E-state index in [-0.39, 0.29) is 12.1 Å². The van der Waals surface area contributed by atoms with Crippen LogP contribution in [0.4, 0.5) is 0 Å². The van der Waals surface area contributed by atoms with Gasteiger partial charge in [-0.3, -0.25) is 4.79 Å². The molecule has 0 saturated heterocycles. The van der Waals surface area contributed by atoms with Gasteiger partial charge in [-0.15, -0.1) is 0 Å². The SMILES string of the molecule is CCOC(=O)C(=O)N(C)C(C)(C)CC. The van der Waals surface area contributed by atoms with Crippen LogP contribution < -0.4 is 0 Å². The predicted octanol–water partition coefficient (Wildman–Crippen LogP) is 1.20. The van der Waals surface area contributed by atoms with Crippen LogP contribution in [0.15, 0.2) is 0 Å². The Morgan fingerprint density at radius 1 is 1.29 bits per heavy atom. The summed E-state index contributed by atoms with van der Waals surface area (Å²) in [5.74, 6) is -1.37. The first kappa shape index (κ1) is 12.9. The third-order valence-corrected chi connectivity index (χ3v) is 2.53. The molecule has 0 aromatic carbocycles. The lowest BCUT2D eigenvalue weighted by molar-refractivity contribution is -0.161. The van der Waals surface area contributed by atoms with E-state index >= 15 is 0 Å². The van der Waals surface area contributed by atoms with Crippen molar-refractivity contribution in [3.63, 3.8) is 0 Å². The van der Waals surface area contributed by atoms with Gasteiger partial charge in [-0.1, -0.05) is 6.92 Å². The minimum atomic E-state index is -0.781. The normalized spacial score (nSPS) is 10.9. The number of carbonyl (C=O) groups is 2. The van der Waals surface area contributed by atoms with Crippen LogP contribution in [0, 0.1) is 0 Å². The highest BCUT2D eigenvalue weighted by molar-refractivity contribution is 6.32. The van der Waals surface area contributed by atoms with Gasteiger partial charge in [0.05, 0.1) is 6.61 Å². The average molecular weight is 201 g/mol. The molecule has 0 bridgehead atoms. The van der Waals surface area contributed by atoms with E-state index in [4.69, 9.17) is 0 Å². The molecule has 0 aliphatic rings. The summed E-state index contributed by atoms with van der Waals surface area (Å²) < 4.78 is 4.63. The molecule has 0 spiro atoms. The van der Waals surface area contributed by atoms with Crippen LogP contribution >= 0.6 is 0 Å². The largest absolute Gasteiger partial charge is 0.459 e. The minimum Gasteiger partial charge on any atom is -0.459 e. The summed E-state index contributed by atoms with van der Waals surface area (Å²) in [5, 5.41) is 0. The van der Waals surface area contributed by atoms with Gasteiger partial charge in [0.1, 0.15) is 0 Å². The molecule has 0 atom stereocenters. The summed E-state index contributed by atoms with van der Waals surface area (Å²) in [6, 6.07) is 0. The molecule has 1 amide bonds. The Labute approximate surface area is 85.2 Å². The number of nitrogens with zero attached hydrogens (tertiary/aromatic N) is 1. The lowest BCUT2D eigenvalue weighted by Gasteiger charge is -2.33. The lowest BCUT2D eigenvalue weighted by Crippen LogP contribution is -2.47. The Morgan fingerprint density at radius 3 is 2.14 bits per heavy atom. The van der Waals surface area contributed by atoms with Gasteiger partial charge in [-0.25, -0.2) is 4.79 Å². The van der Waals surface area contributed by atoms with Crippen LogP contribution in [-0.2, 0) is 14.3 Å². The zero-order valence-corrected chi connectivity index (χ0v) is 9.59. The third-order valence-electron chi connectivity index (χ3n) is 2.53. The highest BCUT2D eigenvalue weighted by Crippen LogP contribution is 2.16. The fourth-order valence-electron chi connectivity index (χ4n) is 0.842. The van der Waals surface area contributed by atoms with Crippen molar-refractivity contribution in [3.05, 3.63) is 0 Å². The molecule has 0 aromatic rings. The zero-order chi connectivity index (χ0) is 11.4. The molecule has 0 aliphatic heterocycles. The van der Waals surface area contributed by atoms with Gasteiger partial charge in [0.25, 0.3) is 0 Å². The van der Waals surface area contributed by atoms with Gasteiger partial charge < -0.3 is 9.64 Å². The second-order valence-corrected chi connectivity index (χ2v) is 3.75. The molecule has 0 saturated carbocycles. The van der Waals surface area contributed by atoms with Crippen LogP contribution in [-0.4, -0.2) is 36.0 Å². The highest BCUT2D eigenvalue weighted by atomic mass is 16.5. The van der Waals surface area contributed by atoms with Crippen LogP contribution in [0.2, 0.25) is 0 Å². The Morgan fingerprint density at radius 2 is 1.79 bits per heavy atom. The first-order valence-electron chi connectivity index (χ1n) is 4.81. The van der Waals surface area contributed by atoms with E-state index in [1.165, 1.54) is 4.90 Å². The summed E-state index contributed by atoms with van der Waals surface area (Å²) >= 11 is 0.